The van der Waals surface area contributed by atoms with E-state index in [1.54, 1.807) is 23.1 Å². The Morgan fingerprint density at radius 1 is 1.00 bits per heavy atom. The van der Waals surface area contributed by atoms with Gasteiger partial charge in [-0.15, -0.1) is 0 Å². The van der Waals surface area contributed by atoms with Crippen molar-refractivity contribution >= 4 is 39.1 Å². The van der Waals surface area contributed by atoms with Crippen molar-refractivity contribution in [2.24, 2.45) is 0 Å². The van der Waals surface area contributed by atoms with Gasteiger partial charge in [-0.1, -0.05) is 24.3 Å². The monoisotopic (exact) mass is 565 g/mol. The number of rotatable bonds is 5. The van der Waals surface area contributed by atoms with Crippen LogP contribution in [0.4, 0.5) is 11.4 Å². The van der Waals surface area contributed by atoms with Crippen LogP contribution in [0.2, 0.25) is 0 Å². The lowest BCUT2D eigenvalue weighted by atomic mass is 9.89. The third-order valence-corrected chi connectivity index (χ3v) is 7.29. The second-order valence-electron chi connectivity index (χ2n) is 8.97. The zero-order chi connectivity index (χ0) is 25.9. The van der Waals surface area contributed by atoms with Crippen molar-refractivity contribution in [3.05, 3.63) is 92.4 Å². The highest BCUT2D eigenvalue weighted by Crippen LogP contribution is 2.33. The van der Waals surface area contributed by atoms with Gasteiger partial charge in [0.1, 0.15) is 6.61 Å². The van der Waals surface area contributed by atoms with Gasteiger partial charge < -0.3 is 19.7 Å². The molecule has 9 nitrogen and oxygen atoms in total. The lowest BCUT2D eigenvalue weighted by Gasteiger charge is -2.32. The van der Waals surface area contributed by atoms with Crippen molar-refractivity contribution in [1.29, 1.82) is 0 Å². The number of fused-ring (bicyclic) bond motifs is 1. The van der Waals surface area contributed by atoms with Gasteiger partial charge in [0, 0.05) is 30.4 Å². The number of amides is 2. The van der Waals surface area contributed by atoms with E-state index in [0.29, 0.717) is 40.3 Å². The highest BCUT2D eigenvalue weighted by atomic mass is 79.9. The molecule has 2 amide bonds. The summed E-state index contributed by atoms with van der Waals surface area (Å²) in [5.74, 6) is 0.972. The molecule has 0 radical (unpaired) electrons. The fourth-order valence-corrected chi connectivity index (χ4v) is 4.99. The molecule has 1 unspecified atom stereocenters. The van der Waals surface area contributed by atoms with E-state index in [1.165, 1.54) is 12.1 Å². The van der Waals surface area contributed by atoms with Crippen molar-refractivity contribution in [2.75, 3.05) is 25.0 Å². The van der Waals surface area contributed by atoms with Gasteiger partial charge in [0.25, 0.3) is 17.5 Å². The molecule has 0 bridgehead atoms. The fraction of sp³-hybridized carbons (Fsp3) is 0.259. The summed E-state index contributed by atoms with van der Waals surface area (Å²) >= 11 is 3.15. The molecule has 190 valence electrons. The average Bonchev–Trinajstić information content (AvgIpc) is 2.93. The van der Waals surface area contributed by atoms with Crippen LogP contribution in [-0.2, 0) is 4.79 Å². The van der Waals surface area contributed by atoms with Crippen molar-refractivity contribution < 1.29 is 24.0 Å². The number of benzene rings is 3. The maximum absolute atomic E-state index is 12.9. The SMILES string of the molecule is O=C(Nc1ccc(C2CCN(C(=O)c3ccc(Br)c([N+](=O)[O-])c3)CC2)cc1)C1COc2ccccc2O1. The van der Waals surface area contributed by atoms with E-state index < -0.39 is 11.0 Å². The summed E-state index contributed by atoms with van der Waals surface area (Å²) in [6.45, 7) is 1.27. The molecule has 3 aromatic carbocycles. The van der Waals surface area contributed by atoms with Gasteiger partial charge in [-0.05, 0) is 76.7 Å². The molecular formula is C27H24BrN3O6. The Hall–Kier alpha value is -3.92. The Morgan fingerprint density at radius 3 is 2.41 bits per heavy atom. The normalized spacial score (nSPS) is 17.2. The molecule has 0 spiro atoms. The number of hydrogen-bond acceptors (Lipinski definition) is 6. The first-order valence-corrected chi connectivity index (χ1v) is 12.7. The Bertz CT molecular complexity index is 1340. The van der Waals surface area contributed by atoms with Gasteiger partial charge >= 0.3 is 0 Å². The molecular weight excluding hydrogens is 542 g/mol. The molecule has 0 aliphatic carbocycles. The first kappa shape index (κ1) is 24.8. The van der Waals surface area contributed by atoms with Crippen molar-refractivity contribution in [3.8, 4) is 11.5 Å². The van der Waals surface area contributed by atoms with E-state index in [1.807, 2.05) is 36.4 Å². The van der Waals surface area contributed by atoms with E-state index in [0.717, 1.165) is 18.4 Å². The Kier molecular flexibility index (Phi) is 7.09. The number of nitro benzene ring substituents is 1. The van der Waals surface area contributed by atoms with Gasteiger partial charge in [0.15, 0.2) is 11.5 Å². The standard InChI is InChI=1S/C27H24BrN3O6/c28-21-10-7-19(15-22(21)31(34)35)27(33)30-13-11-18(12-14-30)17-5-8-20(9-6-17)29-26(32)25-16-36-23-3-1-2-4-24(23)37-25/h1-10,15,18,25H,11-14,16H2,(H,29,32). The molecule has 2 aliphatic rings. The second-order valence-corrected chi connectivity index (χ2v) is 9.82. The van der Waals surface area contributed by atoms with Crippen molar-refractivity contribution in [2.45, 2.75) is 24.9 Å². The van der Waals surface area contributed by atoms with Gasteiger partial charge in [-0.25, -0.2) is 0 Å². The quantitative estimate of drug-likeness (QED) is 0.338. The third-order valence-electron chi connectivity index (χ3n) is 6.62. The number of nitro groups is 1. The van der Waals surface area contributed by atoms with E-state index >= 15 is 0 Å². The van der Waals surface area contributed by atoms with Crippen LogP contribution >= 0.6 is 15.9 Å². The van der Waals surface area contributed by atoms with Crippen LogP contribution in [0.1, 0.15) is 34.7 Å². The maximum atomic E-state index is 12.9. The van der Waals surface area contributed by atoms with Crippen LogP contribution in [0, 0.1) is 10.1 Å². The number of halogens is 1. The molecule has 10 heteroatoms. The summed E-state index contributed by atoms with van der Waals surface area (Å²) in [5, 5.41) is 14.1. The molecule has 1 fully saturated rings. The van der Waals surface area contributed by atoms with Crippen LogP contribution in [0.5, 0.6) is 11.5 Å². The third kappa shape index (κ3) is 5.43. The molecule has 2 aliphatic heterocycles. The van der Waals surface area contributed by atoms with Crippen LogP contribution in [0.3, 0.4) is 0 Å². The summed E-state index contributed by atoms with van der Waals surface area (Å²) in [7, 11) is 0. The lowest BCUT2D eigenvalue weighted by Crippen LogP contribution is -2.40. The summed E-state index contributed by atoms with van der Waals surface area (Å²) in [6, 6.07) is 19.4. The average molecular weight is 566 g/mol. The number of anilines is 1. The number of para-hydroxylation sites is 2. The minimum absolute atomic E-state index is 0.125. The Morgan fingerprint density at radius 2 is 1.70 bits per heavy atom. The molecule has 3 aromatic rings. The number of carbonyl (C=O) groups is 2. The van der Waals surface area contributed by atoms with E-state index in [4.69, 9.17) is 9.47 Å². The summed E-state index contributed by atoms with van der Waals surface area (Å²) in [6.07, 6.45) is 0.828. The largest absolute Gasteiger partial charge is 0.485 e. The maximum Gasteiger partial charge on any atom is 0.284 e. The van der Waals surface area contributed by atoms with Gasteiger partial charge in [-0.2, -0.15) is 0 Å². The number of likely N-dealkylation sites (tertiary alicyclic amines) is 1. The van der Waals surface area contributed by atoms with E-state index in [9.17, 15) is 19.7 Å². The molecule has 1 N–H and O–H groups in total. The zero-order valence-electron chi connectivity index (χ0n) is 19.8. The predicted molar refractivity (Wildman–Crippen MR) is 140 cm³/mol. The minimum Gasteiger partial charge on any atom is -0.485 e. The number of piperidine rings is 1. The number of nitrogens with zero attached hydrogens (tertiary/aromatic N) is 2. The van der Waals surface area contributed by atoms with E-state index in [2.05, 4.69) is 21.2 Å². The van der Waals surface area contributed by atoms with Crippen molar-refractivity contribution in [1.82, 2.24) is 4.90 Å². The van der Waals surface area contributed by atoms with Gasteiger partial charge in [-0.3, -0.25) is 19.7 Å². The van der Waals surface area contributed by atoms with Gasteiger partial charge in [0.2, 0.25) is 6.10 Å². The summed E-state index contributed by atoms with van der Waals surface area (Å²) in [4.78, 5) is 38.0. The summed E-state index contributed by atoms with van der Waals surface area (Å²) < 4.78 is 11.7. The Labute approximate surface area is 221 Å². The number of carbonyl (C=O) groups excluding carboxylic acids is 2. The topological polar surface area (TPSA) is 111 Å². The first-order chi connectivity index (χ1) is 17.9. The van der Waals surface area contributed by atoms with E-state index in [-0.39, 0.29) is 30.0 Å². The highest BCUT2D eigenvalue weighted by Gasteiger charge is 2.28. The molecule has 5 rings (SSSR count). The van der Waals surface area contributed by atoms with Crippen LogP contribution in [0.25, 0.3) is 0 Å². The molecule has 1 atom stereocenters. The molecule has 0 aromatic heterocycles. The molecule has 2 heterocycles. The highest BCUT2D eigenvalue weighted by molar-refractivity contribution is 9.10. The fourth-order valence-electron chi connectivity index (χ4n) is 4.59. The number of ether oxygens (including phenoxy) is 2. The predicted octanol–water partition coefficient (Wildman–Crippen LogP) is 5.16. The Balaban J connectivity index is 1.15. The molecule has 1 saturated heterocycles. The second kappa shape index (κ2) is 10.6. The number of hydrogen-bond donors (Lipinski definition) is 1. The lowest BCUT2D eigenvalue weighted by molar-refractivity contribution is -0.385. The molecule has 37 heavy (non-hydrogen) atoms. The van der Waals surface area contributed by atoms with Crippen molar-refractivity contribution in [3.63, 3.8) is 0 Å². The van der Waals surface area contributed by atoms with Crippen LogP contribution in [0.15, 0.2) is 71.2 Å². The van der Waals surface area contributed by atoms with Crippen LogP contribution in [-0.4, -0.2) is 47.4 Å². The first-order valence-electron chi connectivity index (χ1n) is 11.9. The molecule has 0 saturated carbocycles. The van der Waals surface area contributed by atoms with Crippen LogP contribution < -0.4 is 14.8 Å². The minimum atomic E-state index is -0.733. The summed E-state index contributed by atoms with van der Waals surface area (Å²) in [5.41, 5.74) is 1.99. The zero-order valence-corrected chi connectivity index (χ0v) is 21.3. The smallest absolute Gasteiger partial charge is 0.284 e. The van der Waals surface area contributed by atoms with Gasteiger partial charge in [0.05, 0.1) is 9.40 Å². The number of nitrogens with one attached hydrogen (secondary N) is 1.